The number of hydrogen-bond acceptors (Lipinski definition) is 6. The second-order valence-electron chi connectivity index (χ2n) is 23.1. The van der Waals surface area contributed by atoms with Gasteiger partial charge in [0.25, 0.3) is 6.71 Å². The van der Waals surface area contributed by atoms with Crippen LogP contribution in [0.2, 0.25) is 0 Å². The highest BCUT2D eigenvalue weighted by Gasteiger charge is 2.46. The SMILES string of the molecule is [B]c1c([B])c([B])c(N2c3cc(-c4cc(C(C)(C)C)cc(C(C)(C)C)c4)cc4c3B(c3ccc(-n5c6ccc(C#N)cc6c6c([B])c([B])c([B])c([B])c65)cc3S4)c3c2c2oc4ccccc4c2c2c3sc3ccccc32)c(S)c1[B]. The number of hydrogen-bond donors (Lipinski definition) is 1. The Bertz CT molecular complexity index is 4760. The Balaban J connectivity index is 1.16. The van der Waals surface area contributed by atoms with Crippen LogP contribution in [0.15, 0.2) is 134 Å². The smallest absolute Gasteiger partial charge is 0.251 e. The molecule has 2 aliphatic heterocycles. The number of rotatable bonds is 3. The van der Waals surface area contributed by atoms with E-state index in [1.807, 2.05) is 24.3 Å². The third-order valence-electron chi connectivity index (χ3n) is 16.4. The fraction of sp³-hybridized carbons (Fsp3) is 0.127. The van der Waals surface area contributed by atoms with Crippen LogP contribution in [-0.4, -0.2) is 74.1 Å². The Morgan fingerprint density at radius 3 is 1.96 bits per heavy atom. The zero-order chi connectivity index (χ0) is 55.2. The van der Waals surface area contributed by atoms with Crippen LogP contribution in [0.25, 0.3) is 80.7 Å². The van der Waals surface area contributed by atoms with Crippen LogP contribution in [0.1, 0.15) is 58.2 Å². The van der Waals surface area contributed by atoms with Crippen molar-refractivity contribution in [1.82, 2.24) is 4.57 Å². The molecule has 356 valence electrons. The monoisotopic (exact) mass is 1050 g/mol. The molecule has 79 heavy (non-hydrogen) atoms. The Labute approximate surface area is 483 Å². The molecule has 0 atom stereocenters. The number of anilines is 3. The van der Waals surface area contributed by atoms with Crippen LogP contribution in [0.4, 0.5) is 17.1 Å². The van der Waals surface area contributed by atoms with Crippen molar-refractivity contribution in [3.8, 4) is 22.9 Å². The van der Waals surface area contributed by atoms with E-state index in [2.05, 4.69) is 142 Å². The van der Waals surface area contributed by atoms with Gasteiger partial charge in [0, 0.05) is 67.9 Å². The van der Waals surface area contributed by atoms with Gasteiger partial charge in [0.05, 0.1) is 28.5 Å². The van der Waals surface area contributed by atoms with Crippen molar-refractivity contribution < 1.29 is 4.42 Å². The summed E-state index contributed by atoms with van der Waals surface area (Å²) in [5.74, 6) is 0. The van der Waals surface area contributed by atoms with E-state index in [0.29, 0.717) is 43.6 Å². The van der Waals surface area contributed by atoms with E-state index in [9.17, 15) is 5.26 Å². The maximum atomic E-state index is 10.1. The molecule has 0 aliphatic carbocycles. The van der Waals surface area contributed by atoms with Gasteiger partial charge in [-0.1, -0.05) is 141 Å². The first-order valence-electron chi connectivity index (χ1n) is 26.0. The molecule has 16 heteroatoms. The zero-order valence-electron chi connectivity index (χ0n) is 44.2. The van der Waals surface area contributed by atoms with Crippen molar-refractivity contribution >= 4 is 246 Å². The van der Waals surface area contributed by atoms with Gasteiger partial charge in [0.15, 0.2) is 5.58 Å². The Hall–Kier alpha value is -6.63. The first-order chi connectivity index (χ1) is 37.7. The molecule has 2 aliphatic rings. The number of nitrogens with zero attached hydrogens (tertiary/aromatic N) is 3. The molecule has 4 nitrogen and oxygen atoms in total. The van der Waals surface area contributed by atoms with Gasteiger partial charge in [-0.3, -0.25) is 0 Å². The van der Waals surface area contributed by atoms with Crippen molar-refractivity contribution in [1.29, 1.82) is 5.26 Å². The van der Waals surface area contributed by atoms with Crippen LogP contribution in [0, 0.1) is 11.3 Å². The van der Waals surface area contributed by atoms with Gasteiger partial charge in [0.2, 0.25) is 0 Å². The van der Waals surface area contributed by atoms with E-state index in [1.54, 1.807) is 29.2 Å². The Morgan fingerprint density at radius 1 is 0.582 bits per heavy atom. The summed E-state index contributed by atoms with van der Waals surface area (Å²) in [6.45, 7) is 13.2. The van der Waals surface area contributed by atoms with Gasteiger partial charge in [-0.05, 0) is 104 Å². The lowest BCUT2D eigenvalue weighted by Crippen LogP contribution is -2.60. The first-order valence-corrected chi connectivity index (χ1v) is 28.0. The quantitative estimate of drug-likeness (QED) is 0.161. The molecule has 0 saturated carbocycles. The standard InChI is InChI=1S/C63H38B9N3OS3/c1-62(2,3)30-20-28(21-31(24-30)63(4,5)6)29-22-38-54-42(23-29)78-41-25-32(74-37-18-15-27(26-73)19-35(37)45-46(64)47(65)48(66)51(69)56(45)74)16-17-36(41)72(54)55-58(75(38)57-52(70)49(67)50(68)53(71)60(57)77)59-43(33-11-7-9-13-39(33)76-59)44-34-12-8-10-14-40(34)79-61(44)55/h7-25,77H,1-6H3. The molecule has 0 amide bonds. The van der Waals surface area contributed by atoms with Crippen LogP contribution >= 0.6 is 35.7 Å². The van der Waals surface area contributed by atoms with E-state index in [1.165, 1.54) is 11.1 Å². The molecule has 0 fully saturated rings. The normalized spacial score (nSPS) is 13.3. The van der Waals surface area contributed by atoms with Gasteiger partial charge in [0.1, 0.15) is 68.4 Å². The summed E-state index contributed by atoms with van der Waals surface area (Å²) in [6, 6.07) is 42.9. The number of thiol groups is 1. The number of aromatic nitrogens is 1. The molecule has 5 heterocycles. The van der Waals surface area contributed by atoms with Gasteiger partial charge in [-0.2, -0.15) is 5.26 Å². The second-order valence-corrected chi connectivity index (χ2v) is 25.7. The average Bonchev–Trinajstić information content (AvgIpc) is 4.29. The molecule has 14 rings (SSSR count). The minimum Gasteiger partial charge on any atom is -0.454 e. The second kappa shape index (κ2) is 17.4. The highest BCUT2D eigenvalue weighted by molar-refractivity contribution is 8.00. The predicted molar refractivity (Wildman–Crippen MR) is 349 cm³/mol. The topological polar surface area (TPSA) is 45.1 Å². The number of nitriles is 1. The molecule has 0 N–H and O–H groups in total. The largest absolute Gasteiger partial charge is 0.454 e. The minimum atomic E-state index is -0.365. The van der Waals surface area contributed by atoms with Gasteiger partial charge >= 0.3 is 0 Å². The molecule has 0 unspecified atom stereocenters. The molecule has 0 spiro atoms. The summed E-state index contributed by atoms with van der Waals surface area (Å²) in [4.78, 5) is 4.65. The summed E-state index contributed by atoms with van der Waals surface area (Å²) < 4.78 is 11.6. The van der Waals surface area contributed by atoms with Crippen LogP contribution in [0.3, 0.4) is 0 Å². The number of fused-ring (bicyclic) bond motifs is 16. The summed E-state index contributed by atoms with van der Waals surface area (Å²) >= 11 is 8.70. The van der Waals surface area contributed by atoms with Crippen molar-refractivity contribution in [2.45, 2.75) is 67.1 Å². The van der Waals surface area contributed by atoms with Crippen molar-refractivity contribution in [2.75, 3.05) is 4.90 Å². The molecule has 9 aromatic carbocycles. The molecule has 0 bridgehead atoms. The average molecular weight is 1050 g/mol. The molecule has 12 aromatic rings. The molecule has 3 aromatic heterocycles. The third-order valence-corrected chi connectivity index (χ3v) is 19.2. The third kappa shape index (κ3) is 7.14. The van der Waals surface area contributed by atoms with Gasteiger partial charge in [-0.25, -0.2) is 0 Å². The molecular formula is C63H38B9N3OS3. The van der Waals surface area contributed by atoms with Crippen LogP contribution in [-0.2, 0) is 10.8 Å². The maximum Gasteiger partial charge on any atom is 0.251 e. The molecule has 16 radical (unpaired) electrons. The number of benzene rings is 9. The van der Waals surface area contributed by atoms with E-state index < -0.39 is 0 Å². The van der Waals surface area contributed by atoms with E-state index >= 15 is 0 Å². The summed E-state index contributed by atoms with van der Waals surface area (Å²) in [6.07, 6.45) is 0. The summed E-state index contributed by atoms with van der Waals surface area (Å²) in [7, 11) is 54.9. The molecule has 0 saturated heterocycles. The summed E-state index contributed by atoms with van der Waals surface area (Å²) in [5, 5.41) is 15.7. The van der Waals surface area contributed by atoms with E-state index in [4.69, 9.17) is 79.8 Å². The summed E-state index contributed by atoms with van der Waals surface area (Å²) in [5.41, 5.74) is 15.4. The number of furan rings is 1. The Morgan fingerprint density at radius 2 is 1.24 bits per heavy atom. The van der Waals surface area contributed by atoms with Crippen LogP contribution in [0.5, 0.6) is 0 Å². The lowest BCUT2D eigenvalue weighted by Gasteiger charge is -2.42. The van der Waals surface area contributed by atoms with Crippen molar-refractivity contribution in [3.63, 3.8) is 0 Å². The van der Waals surface area contributed by atoms with Crippen molar-refractivity contribution in [2.24, 2.45) is 0 Å². The maximum absolute atomic E-state index is 10.1. The highest BCUT2D eigenvalue weighted by atomic mass is 32.2. The van der Waals surface area contributed by atoms with Gasteiger partial charge < -0.3 is 13.9 Å². The van der Waals surface area contributed by atoms with Crippen LogP contribution < -0.4 is 65.0 Å². The predicted octanol–water partition coefficient (Wildman–Crippen LogP) is 6.59. The van der Waals surface area contributed by atoms with E-state index in [0.717, 1.165) is 102 Å². The fourth-order valence-corrected chi connectivity index (χ4v) is 15.2. The molecular weight excluding hydrogens is 1010 g/mol. The minimum absolute atomic E-state index is 0.164. The number of para-hydroxylation sites is 1. The van der Waals surface area contributed by atoms with Crippen molar-refractivity contribution in [3.05, 3.63) is 132 Å². The number of thiophene rings is 1. The highest BCUT2D eigenvalue weighted by Crippen LogP contribution is 2.53. The fourth-order valence-electron chi connectivity index (χ4n) is 12.3. The van der Waals surface area contributed by atoms with Gasteiger partial charge in [-0.15, -0.1) is 45.8 Å². The first kappa shape index (κ1) is 50.6. The lowest BCUT2D eigenvalue weighted by molar-refractivity contribution is 0.569. The van der Waals surface area contributed by atoms with E-state index in [-0.39, 0.29) is 50.3 Å². The zero-order valence-corrected chi connectivity index (χ0v) is 46.7. The Kier molecular flexibility index (Phi) is 11.2. The lowest BCUT2D eigenvalue weighted by atomic mass is 9.34.